The predicted octanol–water partition coefficient (Wildman–Crippen LogP) is 1.28. The smallest absolute Gasteiger partial charge is 0.305 e. The zero-order chi connectivity index (χ0) is 17.9. The van der Waals surface area contributed by atoms with Crippen LogP contribution < -0.4 is 10.1 Å². The third-order valence-corrected chi connectivity index (χ3v) is 3.98. The number of nitrogens with one attached hydrogen (secondary N) is 1. The molecule has 1 saturated heterocycles. The van der Waals surface area contributed by atoms with Gasteiger partial charge in [-0.05, 0) is 19.4 Å². The minimum absolute atomic E-state index is 0.0285. The summed E-state index contributed by atoms with van der Waals surface area (Å²) in [4.78, 5) is 34.1. The van der Waals surface area contributed by atoms with Gasteiger partial charge >= 0.3 is 5.97 Å². The molecule has 1 aromatic rings. The second-order valence-electron chi connectivity index (χ2n) is 5.69. The third-order valence-electron chi connectivity index (χ3n) is 3.98. The minimum Gasteiger partial charge on any atom is -0.496 e. The molecule has 1 amide bonds. The van der Waals surface area contributed by atoms with Gasteiger partial charge in [-0.25, -0.2) is 0 Å². The number of benzene rings is 1. The SMILES string of the molecule is COc1cc(C(=O)NC2(CC(=O)O)CCOC2)cc([N+](=O)[O-])c1C. The third kappa shape index (κ3) is 3.62. The van der Waals surface area contributed by atoms with Crippen molar-refractivity contribution in [1.29, 1.82) is 0 Å². The summed E-state index contributed by atoms with van der Waals surface area (Å²) >= 11 is 0. The quantitative estimate of drug-likeness (QED) is 0.590. The Bertz CT molecular complexity index is 681. The number of nitrogens with zero attached hydrogens (tertiary/aromatic N) is 1. The predicted molar refractivity (Wildman–Crippen MR) is 82.3 cm³/mol. The van der Waals surface area contributed by atoms with E-state index in [1.165, 1.54) is 20.1 Å². The van der Waals surface area contributed by atoms with Crippen molar-refractivity contribution in [1.82, 2.24) is 5.32 Å². The van der Waals surface area contributed by atoms with Crippen molar-refractivity contribution in [3.63, 3.8) is 0 Å². The first-order valence-electron chi connectivity index (χ1n) is 7.23. The number of carbonyl (C=O) groups is 2. The molecule has 130 valence electrons. The van der Waals surface area contributed by atoms with E-state index < -0.39 is 22.3 Å². The van der Waals surface area contributed by atoms with E-state index in [2.05, 4.69) is 5.32 Å². The van der Waals surface area contributed by atoms with Gasteiger partial charge < -0.3 is 19.9 Å². The average Bonchev–Trinajstić information content (AvgIpc) is 2.94. The van der Waals surface area contributed by atoms with E-state index in [9.17, 15) is 19.7 Å². The highest BCUT2D eigenvalue weighted by Gasteiger charge is 2.39. The van der Waals surface area contributed by atoms with Gasteiger partial charge in [0.05, 0.1) is 36.2 Å². The fraction of sp³-hybridized carbons (Fsp3) is 0.467. The number of aliphatic carboxylic acids is 1. The Morgan fingerprint density at radius 2 is 2.21 bits per heavy atom. The summed E-state index contributed by atoms with van der Waals surface area (Å²) in [7, 11) is 1.35. The Morgan fingerprint density at radius 3 is 2.71 bits per heavy atom. The minimum atomic E-state index is -1.06. The number of nitro groups is 1. The second kappa shape index (κ2) is 6.83. The van der Waals surface area contributed by atoms with E-state index in [1.807, 2.05) is 0 Å². The molecule has 1 heterocycles. The van der Waals surface area contributed by atoms with Crippen molar-refractivity contribution in [2.45, 2.75) is 25.3 Å². The highest BCUT2D eigenvalue weighted by Crippen LogP contribution is 2.30. The first-order valence-corrected chi connectivity index (χ1v) is 7.23. The molecule has 0 aromatic heterocycles. The molecule has 0 aliphatic carbocycles. The van der Waals surface area contributed by atoms with Crippen molar-refractivity contribution < 1.29 is 29.1 Å². The Morgan fingerprint density at radius 1 is 1.50 bits per heavy atom. The molecule has 1 fully saturated rings. The van der Waals surface area contributed by atoms with E-state index >= 15 is 0 Å². The van der Waals surface area contributed by atoms with Crippen molar-refractivity contribution in [2.75, 3.05) is 20.3 Å². The normalized spacial score (nSPS) is 19.8. The Kier molecular flexibility index (Phi) is 5.03. The maximum absolute atomic E-state index is 12.5. The summed E-state index contributed by atoms with van der Waals surface area (Å²) in [5.74, 6) is -1.46. The van der Waals surface area contributed by atoms with Crippen molar-refractivity contribution in [3.05, 3.63) is 33.4 Å². The summed E-state index contributed by atoms with van der Waals surface area (Å²) < 4.78 is 10.3. The summed E-state index contributed by atoms with van der Waals surface area (Å²) in [6.45, 7) is 1.94. The lowest BCUT2D eigenvalue weighted by Gasteiger charge is -2.27. The zero-order valence-corrected chi connectivity index (χ0v) is 13.3. The van der Waals surface area contributed by atoms with E-state index in [0.717, 1.165) is 6.07 Å². The van der Waals surface area contributed by atoms with Gasteiger partial charge in [0.15, 0.2) is 0 Å². The van der Waals surface area contributed by atoms with Gasteiger partial charge in [0.25, 0.3) is 11.6 Å². The number of methoxy groups -OCH3 is 1. The molecule has 1 unspecified atom stereocenters. The van der Waals surface area contributed by atoms with Crippen LogP contribution in [0.5, 0.6) is 5.75 Å². The average molecular weight is 338 g/mol. The summed E-state index contributed by atoms with van der Waals surface area (Å²) in [6.07, 6.45) is 0.0694. The van der Waals surface area contributed by atoms with Crippen LogP contribution in [-0.4, -0.2) is 47.8 Å². The number of carboxylic acid groups (broad SMARTS) is 1. The van der Waals surface area contributed by atoms with Crippen molar-refractivity contribution in [2.24, 2.45) is 0 Å². The molecular formula is C15H18N2O7. The number of nitro benzene ring substituents is 1. The molecule has 1 atom stereocenters. The monoisotopic (exact) mass is 338 g/mol. The largest absolute Gasteiger partial charge is 0.496 e. The number of ether oxygens (including phenoxy) is 2. The van der Waals surface area contributed by atoms with E-state index in [-0.39, 0.29) is 30.0 Å². The van der Waals surface area contributed by atoms with Crippen LogP contribution in [0.1, 0.15) is 28.8 Å². The van der Waals surface area contributed by atoms with Crippen LogP contribution in [0.2, 0.25) is 0 Å². The summed E-state index contributed by atoms with van der Waals surface area (Å²) in [6, 6.07) is 2.54. The number of carboxylic acids is 1. The standard InChI is InChI=1S/C15H18N2O7/c1-9-11(17(21)22)5-10(6-12(9)23-2)14(20)16-15(7-13(18)19)3-4-24-8-15/h5-6H,3-4,7-8H2,1-2H3,(H,16,20)(H,18,19). The van der Waals surface area contributed by atoms with Crippen molar-refractivity contribution >= 4 is 17.6 Å². The lowest BCUT2D eigenvalue weighted by Crippen LogP contribution is -2.50. The zero-order valence-electron chi connectivity index (χ0n) is 13.3. The fourth-order valence-corrected chi connectivity index (χ4v) is 2.70. The topological polar surface area (TPSA) is 128 Å². The number of carbonyl (C=O) groups excluding carboxylic acids is 1. The fourth-order valence-electron chi connectivity index (χ4n) is 2.70. The molecule has 1 aliphatic heterocycles. The molecule has 2 rings (SSSR count). The number of hydrogen-bond donors (Lipinski definition) is 2. The van der Waals surface area contributed by atoms with Crippen LogP contribution in [0.25, 0.3) is 0 Å². The molecule has 0 bridgehead atoms. The molecule has 0 saturated carbocycles. The highest BCUT2D eigenvalue weighted by atomic mass is 16.6. The number of hydrogen-bond acceptors (Lipinski definition) is 6. The van der Waals surface area contributed by atoms with Crippen molar-refractivity contribution in [3.8, 4) is 5.75 Å². The molecule has 9 nitrogen and oxygen atoms in total. The van der Waals surface area contributed by atoms with E-state index in [4.69, 9.17) is 14.6 Å². The molecule has 0 radical (unpaired) electrons. The van der Waals surface area contributed by atoms with Crippen LogP contribution >= 0.6 is 0 Å². The van der Waals surface area contributed by atoms with Crippen LogP contribution in [0, 0.1) is 17.0 Å². The Hall–Kier alpha value is -2.68. The second-order valence-corrected chi connectivity index (χ2v) is 5.69. The molecule has 1 aliphatic rings. The first-order chi connectivity index (χ1) is 11.3. The molecule has 24 heavy (non-hydrogen) atoms. The Labute approximate surface area is 137 Å². The van der Waals surface area contributed by atoms with Gasteiger partial charge in [0, 0.05) is 18.2 Å². The highest BCUT2D eigenvalue weighted by molar-refractivity contribution is 5.96. The van der Waals surface area contributed by atoms with Gasteiger partial charge in [-0.2, -0.15) is 0 Å². The van der Waals surface area contributed by atoms with Gasteiger partial charge in [-0.1, -0.05) is 0 Å². The van der Waals surface area contributed by atoms with E-state index in [1.54, 1.807) is 0 Å². The summed E-state index contributed by atoms with van der Waals surface area (Å²) in [5, 5.41) is 22.8. The van der Waals surface area contributed by atoms with Crippen LogP contribution in [0.3, 0.4) is 0 Å². The maximum atomic E-state index is 12.5. The molecule has 2 N–H and O–H groups in total. The molecular weight excluding hydrogens is 320 g/mol. The number of amides is 1. The molecule has 0 spiro atoms. The van der Waals surface area contributed by atoms with Crippen LogP contribution in [0.15, 0.2) is 12.1 Å². The summed E-state index contributed by atoms with van der Waals surface area (Å²) in [5.41, 5.74) is -0.922. The van der Waals surface area contributed by atoms with Gasteiger partial charge in [-0.3, -0.25) is 19.7 Å². The first kappa shape index (κ1) is 17.7. The Balaban J connectivity index is 2.33. The lowest BCUT2D eigenvalue weighted by atomic mass is 9.93. The maximum Gasteiger partial charge on any atom is 0.305 e. The van der Waals surface area contributed by atoms with Gasteiger partial charge in [0.2, 0.25) is 0 Å². The van der Waals surface area contributed by atoms with Crippen LogP contribution in [0.4, 0.5) is 5.69 Å². The lowest BCUT2D eigenvalue weighted by molar-refractivity contribution is -0.385. The van der Waals surface area contributed by atoms with E-state index in [0.29, 0.717) is 18.6 Å². The van der Waals surface area contributed by atoms with Gasteiger partial charge in [0.1, 0.15) is 5.75 Å². The van der Waals surface area contributed by atoms with Crippen LogP contribution in [-0.2, 0) is 9.53 Å². The van der Waals surface area contributed by atoms with Gasteiger partial charge in [-0.15, -0.1) is 0 Å². The number of rotatable bonds is 6. The molecule has 1 aromatic carbocycles. The molecule has 9 heteroatoms.